The van der Waals surface area contributed by atoms with Crippen LogP contribution in [-0.2, 0) is 10.2 Å². The maximum Gasteiger partial charge on any atom is 0.315 e. The summed E-state index contributed by atoms with van der Waals surface area (Å²) in [4.78, 5) is 15.9. The maximum absolute atomic E-state index is 11.6. The van der Waals surface area contributed by atoms with Crippen molar-refractivity contribution >= 4 is 5.97 Å². The highest BCUT2D eigenvalue weighted by atomic mass is 16.4. The van der Waals surface area contributed by atoms with Gasteiger partial charge in [-0.05, 0) is 31.4 Å². The average molecular weight is 219 g/mol. The van der Waals surface area contributed by atoms with E-state index in [1.165, 1.54) is 0 Å². The average Bonchev–Trinajstić information content (AvgIpc) is 2.30. The Hall–Kier alpha value is -1.38. The first kappa shape index (κ1) is 11.1. The molecule has 0 atom stereocenters. The molecular weight excluding hydrogens is 202 g/mol. The Bertz CT molecular complexity index is 395. The van der Waals surface area contributed by atoms with Gasteiger partial charge in [0.1, 0.15) is 5.41 Å². The Morgan fingerprint density at radius 3 is 2.62 bits per heavy atom. The van der Waals surface area contributed by atoms with Gasteiger partial charge in [0.2, 0.25) is 0 Å². The van der Waals surface area contributed by atoms with Crippen LogP contribution in [0, 0.1) is 6.92 Å². The molecule has 0 saturated heterocycles. The van der Waals surface area contributed by atoms with Gasteiger partial charge in [0, 0.05) is 6.20 Å². The molecule has 86 valence electrons. The van der Waals surface area contributed by atoms with Crippen molar-refractivity contribution in [2.75, 3.05) is 0 Å². The molecule has 0 unspecified atom stereocenters. The van der Waals surface area contributed by atoms with Crippen molar-refractivity contribution in [1.82, 2.24) is 4.98 Å². The van der Waals surface area contributed by atoms with E-state index in [0.717, 1.165) is 43.4 Å². The number of aliphatic carboxylic acids is 1. The fourth-order valence-corrected chi connectivity index (χ4v) is 2.69. The van der Waals surface area contributed by atoms with Gasteiger partial charge in [-0.25, -0.2) is 0 Å². The van der Waals surface area contributed by atoms with Gasteiger partial charge in [0.05, 0.1) is 5.69 Å². The standard InChI is InChI=1S/C13H17NO2/c1-10-6-5-9-14-11(10)13(12(15)16)7-3-2-4-8-13/h5-6,9H,2-4,7-8H2,1H3,(H,15,16). The Balaban J connectivity index is 2.47. The lowest BCUT2D eigenvalue weighted by molar-refractivity contribution is -0.145. The van der Waals surface area contributed by atoms with Crippen molar-refractivity contribution in [1.29, 1.82) is 0 Å². The van der Waals surface area contributed by atoms with E-state index in [4.69, 9.17) is 0 Å². The molecule has 0 amide bonds. The van der Waals surface area contributed by atoms with Gasteiger partial charge in [0.15, 0.2) is 0 Å². The predicted molar refractivity (Wildman–Crippen MR) is 61.4 cm³/mol. The zero-order chi connectivity index (χ0) is 11.6. The van der Waals surface area contributed by atoms with Gasteiger partial charge in [0.25, 0.3) is 0 Å². The monoisotopic (exact) mass is 219 g/mol. The van der Waals surface area contributed by atoms with Crippen molar-refractivity contribution in [3.63, 3.8) is 0 Å². The highest BCUT2D eigenvalue weighted by molar-refractivity contribution is 5.81. The molecular formula is C13H17NO2. The fraction of sp³-hybridized carbons (Fsp3) is 0.538. The predicted octanol–water partition coefficient (Wildman–Crippen LogP) is 2.68. The van der Waals surface area contributed by atoms with E-state index in [1.54, 1.807) is 6.20 Å². The van der Waals surface area contributed by atoms with Gasteiger partial charge >= 0.3 is 5.97 Å². The number of carbonyl (C=O) groups is 1. The van der Waals surface area contributed by atoms with Gasteiger partial charge in [-0.15, -0.1) is 0 Å². The first-order valence-electron chi connectivity index (χ1n) is 5.82. The number of hydrogen-bond acceptors (Lipinski definition) is 2. The first-order valence-corrected chi connectivity index (χ1v) is 5.82. The SMILES string of the molecule is Cc1cccnc1C1(C(=O)O)CCCCC1. The summed E-state index contributed by atoms with van der Waals surface area (Å²) < 4.78 is 0. The second kappa shape index (κ2) is 4.24. The molecule has 1 aliphatic rings. The van der Waals surface area contributed by atoms with Crippen molar-refractivity contribution in [3.05, 3.63) is 29.6 Å². The molecule has 1 saturated carbocycles. The minimum atomic E-state index is -0.733. The number of aromatic nitrogens is 1. The summed E-state index contributed by atoms with van der Waals surface area (Å²) in [6.07, 6.45) is 6.26. The number of pyridine rings is 1. The van der Waals surface area contributed by atoms with Crippen LogP contribution in [0.15, 0.2) is 18.3 Å². The lowest BCUT2D eigenvalue weighted by atomic mass is 9.70. The maximum atomic E-state index is 11.6. The molecule has 0 aliphatic heterocycles. The molecule has 1 aromatic heterocycles. The van der Waals surface area contributed by atoms with Gasteiger partial charge < -0.3 is 5.11 Å². The summed E-state index contributed by atoms with van der Waals surface area (Å²) in [5.74, 6) is -0.714. The minimum absolute atomic E-state index is 0.714. The van der Waals surface area contributed by atoms with Gasteiger partial charge in [-0.2, -0.15) is 0 Å². The molecule has 0 spiro atoms. The van der Waals surface area contributed by atoms with Crippen LogP contribution < -0.4 is 0 Å². The molecule has 1 aromatic rings. The van der Waals surface area contributed by atoms with Gasteiger partial charge in [-0.3, -0.25) is 9.78 Å². The van der Waals surface area contributed by atoms with Crippen LogP contribution >= 0.6 is 0 Å². The first-order chi connectivity index (χ1) is 7.67. The van der Waals surface area contributed by atoms with Crippen LogP contribution in [0.2, 0.25) is 0 Å². The van der Waals surface area contributed by atoms with E-state index in [-0.39, 0.29) is 0 Å². The van der Waals surface area contributed by atoms with E-state index < -0.39 is 11.4 Å². The van der Waals surface area contributed by atoms with Crippen LogP contribution in [0.4, 0.5) is 0 Å². The molecule has 1 N–H and O–H groups in total. The molecule has 3 heteroatoms. The second-order valence-electron chi connectivity index (χ2n) is 4.62. The lowest BCUT2D eigenvalue weighted by Crippen LogP contribution is -2.39. The number of rotatable bonds is 2. The Morgan fingerprint density at radius 2 is 2.06 bits per heavy atom. The van der Waals surface area contributed by atoms with Crippen molar-refractivity contribution in [2.24, 2.45) is 0 Å². The van der Waals surface area contributed by atoms with E-state index in [9.17, 15) is 9.90 Å². The van der Waals surface area contributed by atoms with Crippen molar-refractivity contribution in [3.8, 4) is 0 Å². The van der Waals surface area contributed by atoms with E-state index >= 15 is 0 Å². The van der Waals surface area contributed by atoms with Crippen LogP contribution in [0.5, 0.6) is 0 Å². The van der Waals surface area contributed by atoms with Crippen LogP contribution in [0.3, 0.4) is 0 Å². The lowest BCUT2D eigenvalue weighted by Gasteiger charge is -2.33. The van der Waals surface area contributed by atoms with Crippen molar-refractivity contribution < 1.29 is 9.90 Å². The normalized spacial score (nSPS) is 19.3. The molecule has 16 heavy (non-hydrogen) atoms. The Morgan fingerprint density at radius 1 is 1.38 bits per heavy atom. The molecule has 2 rings (SSSR count). The minimum Gasteiger partial charge on any atom is -0.481 e. The summed E-state index contributed by atoms with van der Waals surface area (Å²) in [6, 6.07) is 3.80. The third kappa shape index (κ3) is 1.70. The van der Waals surface area contributed by atoms with Crippen LogP contribution in [-0.4, -0.2) is 16.1 Å². The Labute approximate surface area is 95.5 Å². The number of carboxylic acid groups (broad SMARTS) is 1. The summed E-state index contributed by atoms with van der Waals surface area (Å²) in [7, 11) is 0. The number of carboxylic acids is 1. The smallest absolute Gasteiger partial charge is 0.315 e. The summed E-state index contributed by atoms with van der Waals surface area (Å²) >= 11 is 0. The summed E-state index contributed by atoms with van der Waals surface area (Å²) in [5, 5.41) is 9.53. The highest BCUT2D eigenvalue weighted by Crippen LogP contribution is 2.39. The van der Waals surface area contributed by atoms with Crippen LogP contribution in [0.25, 0.3) is 0 Å². The third-order valence-electron chi connectivity index (χ3n) is 3.58. The number of nitrogens with zero attached hydrogens (tertiary/aromatic N) is 1. The number of hydrogen-bond donors (Lipinski definition) is 1. The molecule has 0 radical (unpaired) electrons. The van der Waals surface area contributed by atoms with Crippen LogP contribution in [0.1, 0.15) is 43.4 Å². The van der Waals surface area contributed by atoms with E-state index in [0.29, 0.717) is 0 Å². The zero-order valence-corrected chi connectivity index (χ0v) is 9.57. The second-order valence-corrected chi connectivity index (χ2v) is 4.62. The van der Waals surface area contributed by atoms with E-state index in [2.05, 4.69) is 4.98 Å². The molecule has 1 aliphatic carbocycles. The Kier molecular flexibility index (Phi) is 2.95. The largest absolute Gasteiger partial charge is 0.481 e. The molecule has 1 fully saturated rings. The highest BCUT2D eigenvalue weighted by Gasteiger charge is 2.43. The fourth-order valence-electron chi connectivity index (χ4n) is 2.69. The zero-order valence-electron chi connectivity index (χ0n) is 9.57. The number of aryl methyl sites for hydroxylation is 1. The molecule has 3 nitrogen and oxygen atoms in total. The van der Waals surface area contributed by atoms with Gasteiger partial charge in [-0.1, -0.05) is 25.3 Å². The topological polar surface area (TPSA) is 50.2 Å². The quantitative estimate of drug-likeness (QED) is 0.832. The summed E-state index contributed by atoms with van der Waals surface area (Å²) in [6.45, 7) is 1.95. The third-order valence-corrected chi connectivity index (χ3v) is 3.58. The summed E-state index contributed by atoms with van der Waals surface area (Å²) in [5.41, 5.74) is 1.03. The van der Waals surface area contributed by atoms with E-state index in [1.807, 2.05) is 19.1 Å². The molecule has 0 bridgehead atoms. The molecule has 1 heterocycles. The van der Waals surface area contributed by atoms with Crippen molar-refractivity contribution in [2.45, 2.75) is 44.4 Å². The molecule has 0 aromatic carbocycles.